The number of hydrogen-bond donors (Lipinski definition) is 1. The molecule has 3 aliphatic rings. The molecule has 5 heteroatoms. The molecule has 0 bridgehead atoms. The summed E-state index contributed by atoms with van der Waals surface area (Å²) in [6, 6.07) is 0.251. The third-order valence-corrected chi connectivity index (χ3v) is 7.57. The van der Waals surface area contributed by atoms with Crippen LogP contribution in [-0.4, -0.2) is 59.4 Å². The molecule has 2 aliphatic heterocycles. The second kappa shape index (κ2) is 8.93. The lowest BCUT2D eigenvalue weighted by atomic mass is 9.77. The number of nitrogens with zero attached hydrogens (tertiary/aromatic N) is 2. The standard InChI is InChI=1S/C22H39N3O2/c1-17-9-8-10-19(18(17)2)23-21(27)22(3)12-11-20(26)25(22)16-15-24-13-6-4-5-7-14-24/h17-19H,4-16H2,1-3H3,(H,23,27). The van der Waals surface area contributed by atoms with Crippen LogP contribution in [-0.2, 0) is 9.59 Å². The third kappa shape index (κ3) is 4.67. The van der Waals surface area contributed by atoms with Gasteiger partial charge in [0.2, 0.25) is 11.8 Å². The Morgan fingerprint density at radius 1 is 1.07 bits per heavy atom. The van der Waals surface area contributed by atoms with Crippen molar-refractivity contribution < 1.29 is 9.59 Å². The van der Waals surface area contributed by atoms with Gasteiger partial charge < -0.3 is 15.1 Å². The Balaban J connectivity index is 1.61. The SMILES string of the molecule is CC1CCCC(NC(=O)C2(C)CCC(=O)N2CCN2CCCCCC2)C1C. The fourth-order valence-corrected chi connectivity index (χ4v) is 5.21. The summed E-state index contributed by atoms with van der Waals surface area (Å²) in [5.41, 5.74) is -0.677. The molecule has 5 nitrogen and oxygen atoms in total. The highest BCUT2D eigenvalue weighted by Crippen LogP contribution is 2.33. The molecular formula is C22H39N3O2. The topological polar surface area (TPSA) is 52.7 Å². The molecule has 27 heavy (non-hydrogen) atoms. The van der Waals surface area contributed by atoms with E-state index in [1.54, 1.807) is 0 Å². The number of amides is 2. The lowest BCUT2D eigenvalue weighted by molar-refractivity contribution is -0.141. The van der Waals surface area contributed by atoms with Gasteiger partial charge in [-0.25, -0.2) is 0 Å². The van der Waals surface area contributed by atoms with Crippen molar-refractivity contribution in [1.29, 1.82) is 0 Å². The van der Waals surface area contributed by atoms with Crippen LogP contribution in [0.4, 0.5) is 0 Å². The molecule has 0 radical (unpaired) electrons. The van der Waals surface area contributed by atoms with Crippen LogP contribution in [0.5, 0.6) is 0 Å². The molecule has 3 fully saturated rings. The number of carbonyl (C=O) groups is 2. The van der Waals surface area contributed by atoms with E-state index in [1.807, 2.05) is 11.8 Å². The molecule has 1 N–H and O–H groups in total. The zero-order valence-corrected chi connectivity index (χ0v) is 17.6. The van der Waals surface area contributed by atoms with Crippen molar-refractivity contribution in [2.75, 3.05) is 26.2 Å². The first-order chi connectivity index (χ1) is 12.9. The Morgan fingerprint density at radius 3 is 2.48 bits per heavy atom. The summed E-state index contributed by atoms with van der Waals surface area (Å²) in [6.07, 6.45) is 9.79. The summed E-state index contributed by atoms with van der Waals surface area (Å²) in [7, 11) is 0. The summed E-state index contributed by atoms with van der Waals surface area (Å²) < 4.78 is 0. The monoisotopic (exact) mass is 377 g/mol. The Labute approximate surface area is 165 Å². The lowest BCUT2D eigenvalue weighted by Crippen LogP contribution is -2.59. The molecule has 3 rings (SSSR count). The largest absolute Gasteiger partial charge is 0.351 e. The Morgan fingerprint density at radius 2 is 1.78 bits per heavy atom. The van der Waals surface area contributed by atoms with E-state index < -0.39 is 5.54 Å². The van der Waals surface area contributed by atoms with Crippen molar-refractivity contribution in [2.45, 2.75) is 90.1 Å². The quantitative estimate of drug-likeness (QED) is 0.800. The number of rotatable bonds is 5. The summed E-state index contributed by atoms with van der Waals surface area (Å²) in [4.78, 5) is 30.2. The second-order valence-electron chi connectivity index (χ2n) is 9.42. The van der Waals surface area contributed by atoms with E-state index in [1.165, 1.54) is 38.5 Å². The molecular weight excluding hydrogens is 338 g/mol. The minimum Gasteiger partial charge on any atom is -0.351 e. The molecule has 0 spiro atoms. The molecule has 4 atom stereocenters. The first-order valence-electron chi connectivity index (χ1n) is 11.3. The number of likely N-dealkylation sites (tertiary alicyclic amines) is 2. The Hall–Kier alpha value is -1.10. The number of hydrogen-bond acceptors (Lipinski definition) is 3. The fourth-order valence-electron chi connectivity index (χ4n) is 5.21. The van der Waals surface area contributed by atoms with Crippen LogP contribution in [0, 0.1) is 11.8 Å². The van der Waals surface area contributed by atoms with Crippen LogP contribution in [0.2, 0.25) is 0 Å². The van der Waals surface area contributed by atoms with E-state index in [0.29, 0.717) is 31.2 Å². The van der Waals surface area contributed by atoms with Gasteiger partial charge in [-0.05, 0) is 57.5 Å². The molecule has 4 unspecified atom stereocenters. The fraction of sp³-hybridized carbons (Fsp3) is 0.909. The van der Waals surface area contributed by atoms with Gasteiger partial charge in [0, 0.05) is 25.6 Å². The van der Waals surface area contributed by atoms with Crippen molar-refractivity contribution in [1.82, 2.24) is 15.1 Å². The summed E-state index contributed by atoms with van der Waals surface area (Å²) in [5, 5.41) is 3.33. The molecule has 2 heterocycles. The van der Waals surface area contributed by atoms with Gasteiger partial charge in [-0.3, -0.25) is 9.59 Å². The minimum atomic E-state index is -0.677. The van der Waals surface area contributed by atoms with Crippen molar-refractivity contribution in [2.24, 2.45) is 11.8 Å². The molecule has 0 aromatic rings. The number of carbonyl (C=O) groups excluding carboxylic acids is 2. The average Bonchev–Trinajstić information content (AvgIpc) is 2.82. The van der Waals surface area contributed by atoms with Gasteiger partial charge in [-0.1, -0.05) is 39.5 Å². The predicted octanol–water partition coefficient (Wildman–Crippen LogP) is 3.18. The summed E-state index contributed by atoms with van der Waals surface area (Å²) in [6.45, 7) is 10.4. The van der Waals surface area contributed by atoms with E-state index >= 15 is 0 Å². The van der Waals surface area contributed by atoms with E-state index in [0.717, 1.165) is 26.1 Å². The van der Waals surface area contributed by atoms with E-state index in [4.69, 9.17) is 0 Å². The smallest absolute Gasteiger partial charge is 0.245 e. The van der Waals surface area contributed by atoms with Crippen LogP contribution >= 0.6 is 0 Å². The Kier molecular flexibility index (Phi) is 6.83. The van der Waals surface area contributed by atoms with Crippen molar-refractivity contribution >= 4 is 11.8 Å². The third-order valence-electron chi connectivity index (χ3n) is 7.57. The van der Waals surface area contributed by atoms with Crippen LogP contribution in [0.3, 0.4) is 0 Å². The highest BCUT2D eigenvalue weighted by atomic mass is 16.2. The molecule has 154 valence electrons. The van der Waals surface area contributed by atoms with E-state index in [-0.39, 0.29) is 17.9 Å². The first-order valence-corrected chi connectivity index (χ1v) is 11.3. The van der Waals surface area contributed by atoms with Crippen LogP contribution in [0.1, 0.15) is 78.6 Å². The summed E-state index contributed by atoms with van der Waals surface area (Å²) >= 11 is 0. The molecule has 1 saturated carbocycles. The van der Waals surface area contributed by atoms with Crippen molar-refractivity contribution in [3.8, 4) is 0 Å². The zero-order chi connectivity index (χ0) is 19.4. The maximum Gasteiger partial charge on any atom is 0.245 e. The van der Waals surface area contributed by atoms with Crippen LogP contribution < -0.4 is 5.32 Å². The molecule has 0 aromatic carbocycles. The maximum absolute atomic E-state index is 13.2. The van der Waals surface area contributed by atoms with E-state index in [9.17, 15) is 9.59 Å². The Bertz CT molecular complexity index is 530. The average molecular weight is 378 g/mol. The zero-order valence-electron chi connectivity index (χ0n) is 17.6. The van der Waals surface area contributed by atoms with Gasteiger partial charge in [0.05, 0.1) is 0 Å². The summed E-state index contributed by atoms with van der Waals surface area (Å²) in [5.74, 6) is 1.37. The van der Waals surface area contributed by atoms with E-state index in [2.05, 4.69) is 24.1 Å². The van der Waals surface area contributed by atoms with Crippen molar-refractivity contribution in [3.63, 3.8) is 0 Å². The first kappa shape index (κ1) is 20.6. The predicted molar refractivity (Wildman–Crippen MR) is 108 cm³/mol. The minimum absolute atomic E-state index is 0.0650. The van der Waals surface area contributed by atoms with Crippen LogP contribution in [0.15, 0.2) is 0 Å². The lowest BCUT2D eigenvalue weighted by Gasteiger charge is -2.39. The highest BCUT2D eigenvalue weighted by molar-refractivity contribution is 5.94. The molecule has 0 aromatic heterocycles. The van der Waals surface area contributed by atoms with Gasteiger partial charge >= 0.3 is 0 Å². The molecule has 2 saturated heterocycles. The van der Waals surface area contributed by atoms with Gasteiger partial charge in [-0.15, -0.1) is 0 Å². The van der Waals surface area contributed by atoms with Gasteiger partial charge in [-0.2, -0.15) is 0 Å². The van der Waals surface area contributed by atoms with Crippen LogP contribution in [0.25, 0.3) is 0 Å². The highest BCUT2D eigenvalue weighted by Gasteiger charge is 2.48. The van der Waals surface area contributed by atoms with Gasteiger partial charge in [0.25, 0.3) is 0 Å². The van der Waals surface area contributed by atoms with Gasteiger partial charge in [0.1, 0.15) is 5.54 Å². The molecule has 2 amide bonds. The second-order valence-corrected chi connectivity index (χ2v) is 9.42. The normalized spacial score (nSPS) is 35.9. The van der Waals surface area contributed by atoms with Crippen molar-refractivity contribution in [3.05, 3.63) is 0 Å². The van der Waals surface area contributed by atoms with Gasteiger partial charge in [0.15, 0.2) is 0 Å². The molecule has 1 aliphatic carbocycles. The number of nitrogens with one attached hydrogen (secondary N) is 1. The maximum atomic E-state index is 13.2.